The molecule has 0 heterocycles. The van der Waals surface area contributed by atoms with E-state index in [-0.39, 0.29) is 0 Å². The Morgan fingerprint density at radius 2 is 1.77 bits per heavy atom. The number of hydrogen-bond donors (Lipinski definition) is 0. The molecule has 78 valence electrons. The van der Waals surface area contributed by atoms with Crippen LogP contribution in [-0.2, 0) is 4.79 Å². The SMILES string of the molecule is CCCC(=O)C(CC)CC(C)CC. The van der Waals surface area contributed by atoms with Gasteiger partial charge in [-0.05, 0) is 25.2 Å². The highest BCUT2D eigenvalue weighted by Gasteiger charge is 2.17. The van der Waals surface area contributed by atoms with Crippen molar-refractivity contribution in [3.05, 3.63) is 0 Å². The van der Waals surface area contributed by atoms with Gasteiger partial charge in [0, 0.05) is 12.3 Å². The van der Waals surface area contributed by atoms with E-state index in [1.807, 2.05) is 0 Å². The summed E-state index contributed by atoms with van der Waals surface area (Å²) < 4.78 is 0. The van der Waals surface area contributed by atoms with Gasteiger partial charge in [-0.25, -0.2) is 0 Å². The minimum absolute atomic E-state index is 0.329. The van der Waals surface area contributed by atoms with Crippen LogP contribution in [0.4, 0.5) is 0 Å². The summed E-state index contributed by atoms with van der Waals surface area (Å²) in [5.74, 6) is 1.51. The van der Waals surface area contributed by atoms with Crippen molar-refractivity contribution in [1.29, 1.82) is 0 Å². The van der Waals surface area contributed by atoms with Crippen molar-refractivity contribution in [2.75, 3.05) is 0 Å². The van der Waals surface area contributed by atoms with Crippen LogP contribution >= 0.6 is 0 Å². The van der Waals surface area contributed by atoms with Gasteiger partial charge in [0.05, 0.1) is 0 Å². The second-order valence-electron chi connectivity index (χ2n) is 4.07. The average molecular weight is 184 g/mol. The third-order valence-corrected chi connectivity index (χ3v) is 2.83. The molecule has 0 saturated carbocycles. The molecule has 13 heavy (non-hydrogen) atoms. The summed E-state index contributed by atoms with van der Waals surface area (Å²) in [6.45, 7) is 8.64. The number of carbonyl (C=O) groups excluding carboxylic acids is 1. The first-order valence-electron chi connectivity index (χ1n) is 5.68. The van der Waals surface area contributed by atoms with Crippen LogP contribution in [0.2, 0.25) is 0 Å². The maximum absolute atomic E-state index is 11.6. The molecule has 0 N–H and O–H groups in total. The Balaban J connectivity index is 3.94. The van der Waals surface area contributed by atoms with E-state index in [0.29, 0.717) is 17.6 Å². The fourth-order valence-electron chi connectivity index (χ4n) is 1.63. The molecule has 0 fully saturated rings. The minimum Gasteiger partial charge on any atom is -0.299 e. The Hall–Kier alpha value is -0.330. The van der Waals surface area contributed by atoms with Gasteiger partial charge < -0.3 is 0 Å². The normalized spacial score (nSPS) is 15.4. The van der Waals surface area contributed by atoms with Gasteiger partial charge in [0.25, 0.3) is 0 Å². The Kier molecular flexibility index (Phi) is 6.93. The molecule has 0 aromatic heterocycles. The molecule has 0 bridgehead atoms. The molecule has 0 spiro atoms. The van der Waals surface area contributed by atoms with Crippen LogP contribution in [0.3, 0.4) is 0 Å². The van der Waals surface area contributed by atoms with Crippen LogP contribution in [-0.4, -0.2) is 5.78 Å². The first kappa shape index (κ1) is 12.7. The van der Waals surface area contributed by atoms with Gasteiger partial charge in [-0.3, -0.25) is 4.79 Å². The first-order valence-corrected chi connectivity index (χ1v) is 5.68. The average Bonchev–Trinajstić information content (AvgIpc) is 2.14. The molecule has 2 atom stereocenters. The Labute approximate surface area is 82.9 Å². The smallest absolute Gasteiger partial charge is 0.135 e. The van der Waals surface area contributed by atoms with Crippen molar-refractivity contribution in [1.82, 2.24) is 0 Å². The molecular weight excluding hydrogens is 160 g/mol. The summed E-state index contributed by atoms with van der Waals surface area (Å²) in [6, 6.07) is 0. The largest absolute Gasteiger partial charge is 0.299 e. The lowest BCUT2D eigenvalue weighted by atomic mass is 9.87. The van der Waals surface area contributed by atoms with Gasteiger partial charge in [-0.2, -0.15) is 0 Å². The Morgan fingerprint density at radius 3 is 2.15 bits per heavy atom. The van der Waals surface area contributed by atoms with E-state index in [1.165, 1.54) is 6.42 Å². The lowest BCUT2D eigenvalue weighted by Gasteiger charge is -2.17. The maximum Gasteiger partial charge on any atom is 0.135 e. The minimum atomic E-state index is 0.329. The maximum atomic E-state index is 11.6. The molecule has 0 saturated heterocycles. The van der Waals surface area contributed by atoms with E-state index in [9.17, 15) is 4.79 Å². The predicted molar refractivity (Wildman–Crippen MR) is 57.8 cm³/mol. The first-order chi connectivity index (χ1) is 6.15. The highest BCUT2D eigenvalue weighted by atomic mass is 16.1. The molecule has 1 nitrogen and oxygen atoms in total. The molecule has 0 radical (unpaired) electrons. The third-order valence-electron chi connectivity index (χ3n) is 2.83. The Bertz CT molecular complexity index is 140. The zero-order chi connectivity index (χ0) is 10.3. The third kappa shape index (κ3) is 5.07. The fraction of sp³-hybridized carbons (Fsp3) is 0.917. The van der Waals surface area contributed by atoms with Gasteiger partial charge >= 0.3 is 0 Å². The summed E-state index contributed by atoms with van der Waals surface area (Å²) in [5, 5.41) is 0. The van der Waals surface area contributed by atoms with Crippen LogP contribution in [0, 0.1) is 11.8 Å². The van der Waals surface area contributed by atoms with E-state index < -0.39 is 0 Å². The van der Waals surface area contributed by atoms with Crippen molar-refractivity contribution in [2.24, 2.45) is 11.8 Å². The number of Topliss-reactive ketones (excluding diaryl/α,β-unsaturated/α-hetero) is 1. The van der Waals surface area contributed by atoms with Crippen LogP contribution < -0.4 is 0 Å². The van der Waals surface area contributed by atoms with E-state index in [4.69, 9.17) is 0 Å². The van der Waals surface area contributed by atoms with Crippen LogP contribution in [0.1, 0.15) is 59.8 Å². The Morgan fingerprint density at radius 1 is 1.15 bits per heavy atom. The second kappa shape index (κ2) is 7.11. The van der Waals surface area contributed by atoms with Crippen molar-refractivity contribution >= 4 is 5.78 Å². The molecule has 0 aliphatic carbocycles. The van der Waals surface area contributed by atoms with Gasteiger partial charge in [-0.1, -0.05) is 34.1 Å². The van der Waals surface area contributed by atoms with E-state index in [0.717, 1.165) is 25.7 Å². The van der Waals surface area contributed by atoms with Gasteiger partial charge in [0.15, 0.2) is 0 Å². The topological polar surface area (TPSA) is 17.1 Å². The monoisotopic (exact) mass is 184 g/mol. The molecule has 0 aromatic rings. The van der Waals surface area contributed by atoms with Crippen molar-refractivity contribution in [2.45, 2.75) is 59.8 Å². The summed E-state index contributed by atoms with van der Waals surface area (Å²) in [4.78, 5) is 11.6. The molecular formula is C12H24O. The van der Waals surface area contributed by atoms with Gasteiger partial charge in [-0.15, -0.1) is 0 Å². The molecule has 2 unspecified atom stereocenters. The summed E-state index contributed by atoms with van der Waals surface area (Å²) in [5.41, 5.74) is 0. The predicted octanol–water partition coefficient (Wildman–Crippen LogP) is 3.82. The highest BCUT2D eigenvalue weighted by molar-refractivity contribution is 5.80. The molecule has 0 aliphatic heterocycles. The van der Waals surface area contributed by atoms with Crippen molar-refractivity contribution in [3.63, 3.8) is 0 Å². The van der Waals surface area contributed by atoms with E-state index in [2.05, 4.69) is 27.7 Å². The number of carbonyl (C=O) groups is 1. The van der Waals surface area contributed by atoms with Gasteiger partial charge in [0.2, 0.25) is 0 Å². The standard InChI is InChI=1S/C12H24O/c1-5-8-12(13)11(7-3)9-10(4)6-2/h10-11H,5-9H2,1-4H3. The lowest BCUT2D eigenvalue weighted by Crippen LogP contribution is -2.16. The molecule has 0 aliphatic rings. The molecule has 0 amide bonds. The molecule has 0 rings (SSSR count). The number of rotatable bonds is 7. The van der Waals surface area contributed by atoms with Crippen molar-refractivity contribution < 1.29 is 4.79 Å². The van der Waals surface area contributed by atoms with Crippen LogP contribution in [0.25, 0.3) is 0 Å². The molecule has 1 heteroatoms. The zero-order valence-electron chi connectivity index (χ0n) is 9.60. The fourth-order valence-corrected chi connectivity index (χ4v) is 1.63. The number of ketones is 1. The van der Waals surface area contributed by atoms with Gasteiger partial charge in [0.1, 0.15) is 5.78 Å². The van der Waals surface area contributed by atoms with E-state index >= 15 is 0 Å². The molecule has 0 aromatic carbocycles. The number of hydrogen-bond acceptors (Lipinski definition) is 1. The zero-order valence-corrected chi connectivity index (χ0v) is 9.60. The van der Waals surface area contributed by atoms with Crippen molar-refractivity contribution in [3.8, 4) is 0 Å². The highest BCUT2D eigenvalue weighted by Crippen LogP contribution is 2.20. The van der Waals surface area contributed by atoms with Crippen LogP contribution in [0.15, 0.2) is 0 Å². The van der Waals surface area contributed by atoms with Crippen LogP contribution in [0.5, 0.6) is 0 Å². The summed E-state index contributed by atoms with van der Waals surface area (Å²) in [7, 11) is 0. The second-order valence-corrected chi connectivity index (χ2v) is 4.07. The summed E-state index contributed by atoms with van der Waals surface area (Å²) in [6.07, 6.45) is 5.07. The summed E-state index contributed by atoms with van der Waals surface area (Å²) >= 11 is 0. The quantitative estimate of drug-likeness (QED) is 0.588. The lowest BCUT2D eigenvalue weighted by molar-refractivity contribution is -0.123. The van der Waals surface area contributed by atoms with E-state index in [1.54, 1.807) is 0 Å².